The predicted molar refractivity (Wildman–Crippen MR) is 53.3 cm³/mol. The van der Waals surface area contributed by atoms with Crippen molar-refractivity contribution in [1.29, 1.82) is 0 Å². The molecule has 0 spiro atoms. The van der Waals surface area contributed by atoms with Crippen molar-refractivity contribution in [1.82, 2.24) is 9.55 Å². The van der Waals surface area contributed by atoms with Crippen LogP contribution < -0.4 is 0 Å². The Morgan fingerprint density at radius 1 is 1.69 bits per heavy atom. The topological polar surface area (TPSA) is 38.0 Å². The van der Waals surface area contributed by atoms with Crippen molar-refractivity contribution in [2.75, 3.05) is 6.61 Å². The second-order valence-corrected chi connectivity index (χ2v) is 3.47. The minimum absolute atomic E-state index is 0.100. The lowest BCUT2D eigenvalue weighted by atomic mass is 10.2. The Hall–Kier alpha value is -1.09. The van der Waals surface area contributed by atoms with E-state index in [1.807, 2.05) is 13.0 Å². The molecule has 3 heteroatoms. The standard InChI is InChI=1S/C10H16N2O/c1-8(2)12-7-11-5-10(12)4-9(3)6-13/h4-5,7-8,13H,6H2,1-3H3/b9-4-. The van der Waals surface area contributed by atoms with Gasteiger partial charge in [-0.3, -0.25) is 0 Å². The summed E-state index contributed by atoms with van der Waals surface area (Å²) < 4.78 is 2.07. The van der Waals surface area contributed by atoms with Gasteiger partial charge in [0.2, 0.25) is 0 Å². The molecule has 0 saturated heterocycles. The first-order chi connectivity index (χ1) is 6.15. The van der Waals surface area contributed by atoms with Gasteiger partial charge in [-0.25, -0.2) is 4.98 Å². The average Bonchev–Trinajstić information content (AvgIpc) is 2.52. The third-order valence-corrected chi connectivity index (χ3v) is 1.90. The zero-order chi connectivity index (χ0) is 9.84. The first-order valence-corrected chi connectivity index (χ1v) is 4.45. The number of rotatable bonds is 3. The smallest absolute Gasteiger partial charge is 0.0953 e. The minimum atomic E-state index is 0.100. The van der Waals surface area contributed by atoms with Gasteiger partial charge in [-0.2, -0.15) is 0 Å². The lowest BCUT2D eigenvalue weighted by molar-refractivity contribution is 0.332. The maximum absolute atomic E-state index is 8.87. The maximum atomic E-state index is 8.87. The summed E-state index contributed by atoms with van der Waals surface area (Å²) in [5.74, 6) is 0. The fourth-order valence-corrected chi connectivity index (χ4v) is 1.16. The van der Waals surface area contributed by atoms with E-state index >= 15 is 0 Å². The summed E-state index contributed by atoms with van der Waals surface area (Å²) in [4.78, 5) is 4.07. The van der Waals surface area contributed by atoms with Gasteiger partial charge >= 0.3 is 0 Å². The molecule has 0 atom stereocenters. The molecule has 0 aromatic carbocycles. The van der Waals surface area contributed by atoms with E-state index in [0.29, 0.717) is 6.04 Å². The highest BCUT2D eigenvalue weighted by Crippen LogP contribution is 2.11. The average molecular weight is 180 g/mol. The van der Waals surface area contributed by atoms with Gasteiger partial charge in [-0.15, -0.1) is 0 Å². The molecule has 0 aliphatic heterocycles. The predicted octanol–water partition coefficient (Wildman–Crippen LogP) is 1.86. The third kappa shape index (κ3) is 2.42. The maximum Gasteiger partial charge on any atom is 0.0953 e. The fourth-order valence-electron chi connectivity index (χ4n) is 1.16. The van der Waals surface area contributed by atoms with E-state index in [9.17, 15) is 0 Å². The monoisotopic (exact) mass is 180 g/mol. The Morgan fingerprint density at radius 3 is 2.92 bits per heavy atom. The Balaban J connectivity index is 2.94. The van der Waals surface area contributed by atoms with E-state index in [-0.39, 0.29) is 6.61 Å². The summed E-state index contributed by atoms with van der Waals surface area (Å²) in [6, 6.07) is 0.403. The molecular weight excluding hydrogens is 164 g/mol. The Morgan fingerprint density at radius 2 is 2.38 bits per heavy atom. The molecule has 72 valence electrons. The number of imidazole rings is 1. The van der Waals surface area contributed by atoms with Crippen LogP contribution in [0.15, 0.2) is 18.1 Å². The van der Waals surface area contributed by atoms with Crippen LogP contribution in [-0.4, -0.2) is 21.3 Å². The van der Waals surface area contributed by atoms with Gasteiger partial charge in [0.15, 0.2) is 0 Å². The van der Waals surface area contributed by atoms with Crippen LogP contribution in [0.3, 0.4) is 0 Å². The van der Waals surface area contributed by atoms with Crippen LogP contribution in [-0.2, 0) is 0 Å². The number of hydrogen-bond acceptors (Lipinski definition) is 2. The first-order valence-electron chi connectivity index (χ1n) is 4.45. The molecule has 13 heavy (non-hydrogen) atoms. The van der Waals surface area contributed by atoms with Gasteiger partial charge in [0.05, 0.1) is 24.8 Å². The zero-order valence-electron chi connectivity index (χ0n) is 8.36. The van der Waals surface area contributed by atoms with E-state index in [4.69, 9.17) is 5.11 Å². The molecule has 0 radical (unpaired) electrons. The van der Waals surface area contributed by atoms with Crippen LogP contribution in [0, 0.1) is 0 Å². The van der Waals surface area contributed by atoms with Gasteiger partial charge in [-0.05, 0) is 32.4 Å². The molecule has 0 bridgehead atoms. The van der Waals surface area contributed by atoms with Gasteiger partial charge in [0, 0.05) is 6.04 Å². The Kier molecular flexibility index (Phi) is 3.25. The van der Waals surface area contributed by atoms with Gasteiger partial charge in [0.1, 0.15) is 0 Å². The summed E-state index contributed by atoms with van der Waals surface area (Å²) in [7, 11) is 0. The van der Waals surface area contributed by atoms with Crippen molar-refractivity contribution in [3.63, 3.8) is 0 Å². The van der Waals surface area contributed by atoms with Crippen LogP contribution in [0.1, 0.15) is 32.5 Å². The second-order valence-electron chi connectivity index (χ2n) is 3.47. The molecule has 0 amide bonds. The summed E-state index contributed by atoms with van der Waals surface area (Å²) in [6.07, 6.45) is 5.56. The van der Waals surface area contributed by atoms with Crippen molar-refractivity contribution in [2.24, 2.45) is 0 Å². The van der Waals surface area contributed by atoms with Crippen LogP contribution in [0.25, 0.3) is 6.08 Å². The molecule has 0 aliphatic carbocycles. The fraction of sp³-hybridized carbons (Fsp3) is 0.500. The highest BCUT2D eigenvalue weighted by molar-refractivity contribution is 5.48. The number of aliphatic hydroxyl groups excluding tert-OH is 1. The van der Waals surface area contributed by atoms with Crippen LogP contribution in [0.2, 0.25) is 0 Å². The lowest BCUT2D eigenvalue weighted by Gasteiger charge is -2.09. The summed E-state index contributed by atoms with van der Waals surface area (Å²) in [5.41, 5.74) is 1.99. The van der Waals surface area contributed by atoms with Crippen LogP contribution in [0.5, 0.6) is 0 Å². The van der Waals surface area contributed by atoms with Gasteiger partial charge in [-0.1, -0.05) is 0 Å². The van der Waals surface area contributed by atoms with Gasteiger partial charge < -0.3 is 9.67 Å². The number of hydrogen-bond donors (Lipinski definition) is 1. The van der Waals surface area contributed by atoms with E-state index in [1.165, 1.54) is 0 Å². The summed E-state index contributed by atoms with van der Waals surface area (Å²) in [6.45, 7) is 6.21. The lowest BCUT2D eigenvalue weighted by Crippen LogP contribution is -2.01. The Labute approximate surface area is 78.7 Å². The SMILES string of the molecule is C/C(=C/c1cncn1C(C)C)CO. The molecular formula is C10H16N2O. The van der Waals surface area contributed by atoms with Crippen molar-refractivity contribution in [3.8, 4) is 0 Å². The largest absolute Gasteiger partial charge is 0.392 e. The van der Waals surface area contributed by atoms with Crippen molar-refractivity contribution >= 4 is 6.08 Å². The third-order valence-electron chi connectivity index (χ3n) is 1.90. The van der Waals surface area contributed by atoms with E-state index in [1.54, 1.807) is 12.5 Å². The highest BCUT2D eigenvalue weighted by atomic mass is 16.3. The number of nitrogens with zero attached hydrogens (tertiary/aromatic N) is 2. The quantitative estimate of drug-likeness (QED) is 0.771. The molecule has 0 unspecified atom stereocenters. The van der Waals surface area contributed by atoms with E-state index in [2.05, 4.69) is 23.4 Å². The molecule has 1 rings (SSSR count). The van der Waals surface area contributed by atoms with E-state index < -0.39 is 0 Å². The second kappa shape index (κ2) is 4.23. The van der Waals surface area contributed by atoms with E-state index in [0.717, 1.165) is 11.3 Å². The molecule has 0 saturated carbocycles. The first kappa shape index (κ1) is 9.99. The minimum Gasteiger partial charge on any atom is -0.392 e. The Bertz CT molecular complexity index is 300. The van der Waals surface area contributed by atoms with Crippen LogP contribution in [0.4, 0.5) is 0 Å². The molecule has 1 heterocycles. The van der Waals surface area contributed by atoms with Crippen molar-refractivity contribution < 1.29 is 5.11 Å². The summed E-state index contributed by atoms with van der Waals surface area (Å²) in [5, 5.41) is 8.87. The van der Waals surface area contributed by atoms with Crippen LogP contribution >= 0.6 is 0 Å². The highest BCUT2D eigenvalue weighted by Gasteiger charge is 2.02. The van der Waals surface area contributed by atoms with Gasteiger partial charge in [0.25, 0.3) is 0 Å². The zero-order valence-corrected chi connectivity index (χ0v) is 8.36. The molecule has 3 nitrogen and oxygen atoms in total. The molecule has 0 aliphatic rings. The molecule has 1 aromatic heterocycles. The van der Waals surface area contributed by atoms with Crippen molar-refractivity contribution in [2.45, 2.75) is 26.8 Å². The normalized spacial score (nSPS) is 12.5. The molecule has 1 aromatic rings. The molecule has 1 N–H and O–H groups in total. The summed E-state index contributed by atoms with van der Waals surface area (Å²) >= 11 is 0. The number of aromatic nitrogens is 2. The van der Waals surface area contributed by atoms with Crippen molar-refractivity contribution in [3.05, 3.63) is 23.8 Å². The molecule has 0 fully saturated rings. The number of aliphatic hydroxyl groups is 1.